The maximum Gasteiger partial charge on any atom is 0.410 e. The van der Waals surface area contributed by atoms with Gasteiger partial charge < -0.3 is 19.3 Å². The standard InChI is InChI=1S/C21H29ClN2O4/c1-21(2,3)28-20(26)24-12-8-16(9-13-24)27-18-14-15(23-10-4-5-11-23)6-7-17(18)19(22)25/h6-7,14,16H,4-5,8-13H2,1-3H3. The molecule has 7 heteroatoms. The predicted molar refractivity (Wildman–Crippen MR) is 110 cm³/mol. The molecule has 0 radical (unpaired) electrons. The first-order chi connectivity index (χ1) is 13.2. The van der Waals surface area contributed by atoms with Gasteiger partial charge in [-0.2, -0.15) is 0 Å². The smallest absolute Gasteiger partial charge is 0.410 e. The Kier molecular flexibility index (Phi) is 6.38. The summed E-state index contributed by atoms with van der Waals surface area (Å²) in [5.41, 5.74) is 0.940. The zero-order valence-corrected chi connectivity index (χ0v) is 17.6. The van der Waals surface area contributed by atoms with Crippen LogP contribution < -0.4 is 9.64 Å². The van der Waals surface area contributed by atoms with Crippen LogP contribution in [0.2, 0.25) is 0 Å². The lowest BCUT2D eigenvalue weighted by Gasteiger charge is -2.33. The van der Waals surface area contributed by atoms with Crippen LogP contribution in [-0.2, 0) is 4.74 Å². The zero-order valence-electron chi connectivity index (χ0n) is 16.9. The highest BCUT2D eigenvalue weighted by atomic mass is 35.5. The Balaban J connectivity index is 1.64. The maximum absolute atomic E-state index is 12.2. The van der Waals surface area contributed by atoms with E-state index in [2.05, 4.69) is 4.90 Å². The van der Waals surface area contributed by atoms with Crippen LogP contribution in [0.1, 0.15) is 56.8 Å². The average Bonchev–Trinajstić information content (AvgIpc) is 3.15. The molecular formula is C21H29ClN2O4. The fourth-order valence-electron chi connectivity index (χ4n) is 3.61. The largest absolute Gasteiger partial charge is 0.489 e. The maximum atomic E-state index is 12.2. The van der Waals surface area contributed by atoms with E-state index in [-0.39, 0.29) is 12.2 Å². The first-order valence-corrected chi connectivity index (χ1v) is 10.3. The van der Waals surface area contributed by atoms with Gasteiger partial charge in [0.1, 0.15) is 17.5 Å². The summed E-state index contributed by atoms with van der Waals surface area (Å²) in [5.74, 6) is 0.528. The number of benzene rings is 1. The highest BCUT2D eigenvalue weighted by Gasteiger charge is 2.28. The van der Waals surface area contributed by atoms with E-state index >= 15 is 0 Å². The Morgan fingerprint density at radius 3 is 2.29 bits per heavy atom. The third-order valence-corrected chi connectivity index (χ3v) is 5.24. The lowest BCUT2D eigenvalue weighted by Crippen LogP contribution is -2.44. The third-order valence-electron chi connectivity index (χ3n) is 5.04. The topological polar surface area (TPSA) is 59.1 Å². The molecule has 0 N–H and O–H groups in total. The summed E-state index contributed by atoms with van der Waals surface area (Å²) in [6.45, 7) is 8.74. The average molecular weight is 409 g/mol. The minimum atomic E-state index is -0.519. The molecule has 154 valence electrons. The van der Waals surface area contributed by atoms with Gasteiger partial charge in [-0.25, -0.2) is 4.79 Å². The van der Waals surface area contributed by atoms with Crippen LogP contribution >= 0.6 is 11.6 Å². The normalized spacial score (nSPS) is 18.3. The Morgan fingerprint density at radius 2 is 1.71 bits per heavy atom. The monoisotopic (exact) mass is 408 g/mol. The van der Waals surface area contributed by atoms with Gasteiger partial charge in [0.2, 0.25) is 0 Å². The molecule has 3 rings (SSSR count). The van der Waals surface area contributed by atoms with Crippen LogP contribution in [0.25, 0.3) is 0 Å². The number of nitrogens with zero attached hydrogens (tertiary/aromatic N) is 2. The minimum absolute atomic E-state index is 0.0673. The van der Waals surface area contributed by atoms with Gasteiger partial charge in [-0.3, -0.25) is 4.79 Å². The van der Waals surface area contributed by atoms with Gasteiger partial charge in [0, 0.05) is 50.8 Å². The number of hydrogen-bond acceptors (Lipinski definition) is 5. The zero-order chi connectivity index (χ0) is 20.3. The van der Waals surface area contributed by atoms with Crippen molar-refractivity contribution in [1.82, 2.24) is 4.90 Å². The fraction of sp³-hybridized carbons (Fsp3) is 0.619. The highest BCUT2D eigenvalue weighted by molar-refractivity contribution is 6.68. The molecule has 2 aliphatic heterocycles. The number of likely N-dealkylation sites (tertiary alicyclic amines) is 1. The molecule has 0 aliphatic carbocycles. The van der Waals surface area contributed by atoms with Crippen molar-refractivity contribution in [3.8, 4) is 5.75 Å². The molecule has 2 heterocycles. The number of rotatable bonds is 4. The molecule has 6 nitrogen and oxygen atoms in total. The van der Waals surface area contributed by atoms with Gasteiger partial charge in [0.25, 0.3) is 5.24 Å². The van der Waals surface area contributed by atoms with Crippen molar-refractivity contribution >= 4 is 28.6 Å². The molecule has 0 spiro atoms. The summed E-state index contributed by atoms with van der Waals surface area (Å²) in [6.07, 6.45) is 3.36. The molecule has 0 aromatic heterocycles. The van der Waals surface area contributed by atoms with E-state index < -0.39 is 10.8 Å². The minimum Gasteiger partial charge on any atom is -0.489 e. The summed E-state index contributed by atoms with van der Waals surface area (Å²) < 4.78 is 11.6. The Bertz CT molecular complexity index is 718. The third kappa shape index (κ3) is 5.31. The Labute approximate surface area is 171 Å². The van der Waals surface area contributed by atoms with E-state index in [4.69, 9.17) is 21.1 Å². The summed E-state index contributed by atoms with van der Waals surface area (Å²) in [4.78, 5) is 28.0. The number of carbonyl (C=O) groups excluding carboxylic acids is 2. The van der Waals surface area contributed by atoms with E-state index in [0.717, 1.165) is 18.8 Å². The molecule has 2 fully saturated rings. The number of ether oxygens (including phenoxy) is 2. The molecular weight excluding hydrogens is 380 g/mol. The Hall–Kier alpha value is -1.95. The van der Waals surface area contributed by atoms with Crippen molar-refractivity contribution < 1.29 is 19.1 Å². The number of anilines is 1. The van der Waals surface area contributed by atoms with Crippen LogP contribution in [0, 0.1) is 0 Å². The lowest BCUT2D eigenvalue weighted by molar-refractivity contribution is 0.0126. The van der Waals surface area contributed by atoms with Gasteiger partial charge in [-0.15, -0.1) is 0 Å². The van der Waals surface area contributed by atoms with Crippen LogP contribution in [0.3, 0.4) is 0 Å². The van der Waals surface area contributed by atoms with Crippen LogP contribution in [0.4, 0.5) is 10.5 Å². The summed E-state index contributed by atoms with van der Waals surface area (Å²) in [6, 6.07) is 5.59. The molecule has 1 amide bonds. The van der Waals surface area contributed by atoms with Gasteiger partial charge in [0.05, 0.1) is 5.56 Å². The van der Waals surface area contributed by atoms with Gasteiger partial charge in [-0.1, -0.05) is 0 Å². The Morgan fingerprint density at radius 1 is 1.07 bits per heavy atom. The van der Waals surface area contributed by atoms with Crippen LogP contribution in [0.15, 0.2) is 18.2 Å². The van der Waals surface area contributed by atoms with Gasteiger partial charge >= 0.3 is 6.09 Å². The SMILES string of the molecule is CC(C)(C)OC(=O)N1CCC(Oc2cc(N3CCCC3)ccc2C(=O)Cl)CC1. The second kappa shape index (κ2) is 8.60. The van der Waals surface area contributed by atoms with Crippen LogP contribution in [-0.4, -0.2) is 54.1 Å². The number of hydrogen-bond donors (Lipinski definition) is 0. The highest BCUT2D eigenvalue weighted by Crippen LogP contribution is 2.31. The molecule has 0 bridgehead atoms. The molecule has 1 aromatic rings. The predicted octanol–water partition coefficient (Wildman–Crippen LogP) is 4.44. The molecule has 1 aromatic carbocycles. The molecule has 28 heavy (non-hydrogen) atoms. The van der Waals surface area contributed by atoms with E-state index in [0.29, 0.717) is 37.2 Å². The van der Waals surface area contributed by atoms with E-state index in [1.54, 1.807) is 11.0 Å². The number of carbonyl (C=O) groups is 2. The molecule has 0 atom stereocenters. The number of halogens is 1. The summed E-state index contributed by atoms with van der Waals surface area (Å²) in [5, 5.41) is -0.519. The summed E-state index contributed by atoms with van der Waals surface area (Å²) >= 11 is 5.76. The second-order valence-electron chi connectivity index (χ2n) is 8.43. The van der Waals surface area contributed by atoms with Crippen molar-refractivity contribution in [2.75, 3.05) is 31.1 Å². The van der Waals surface area contributed by atoms with Crippen molar-refractivity contribution in [3.63, 3.8) is 0 Å². The fourth-order valence-corrected chi connectivity index (χ4v) is 3.76. The van der Waals surface area contributed by atoms with E-state index in [1.807, 2.05) is 32.9 Å². The molecule has 2 aliphatic rings. The van der Waals surface area contributed by atoms with Crippen molar-refractivity contribution in [3.05, 3.63) is 23.8 Å². The van der Waals surface area contributed by atoms with Crippen LogP contribution in [0.5, 0.6) is 5.75 Å². The van der Waals surface area contributed by atoms with E-state index in [9.17, 15) is 9.59 Å². The van der Waals surface area contributed by atoms with Gasteiger partial charge in [0.15, 0.2) is 0 Å². The molecule has 0 unspecified atom stereocenters. The van der Waals surface area contributed by atoms with Crippen molar-refractivity contribution in [2.24, 2.45) is 0 Å². The van der Waals surface area contributed by atoms with E-state index in [1.165, 1.54) is 12.8 Å². The second-order valence-corrected chi connectivity index (χ2v) is 8.78. The first kappa shape index (κ1) is 20.8. The van der Waals surface area contributed by atoms with Gasteiger partial charge in [-0.05, 0) is 57.3 Å². The van der Waals surface area contributed by atoms with Crippen molar-refractivity contribution in [2.45, 2.75) is 58.2 Å². The first-order valence-electron chi connectivity index (χ1n) is 9.96. The molecule has 0 saturated carbocycles. The van der Waals surface area contributed by atoms with Crippen molar-refractivity contribution in [1.29, 1.82) is 0 Å². The number of amides is 1. The summed E-state index contributed by atoms with van der Waals surface area (Å²) in [7, 11) is 0. The number of piperidine rings is 1. The molecule has 2 saturated heterocycles. The quantitative estimate of drug-likeness (QED) is 0.689. The lowest BCUT2D eigenvalue weighted by atomic mass is 10.1.